The summed E-state index contributed by atoms with van der Waals surface area (Å²) in [5.41, 5.74) is 2.49. The van der Waals surface area contributed by atoms with Crippen molar-refractivity contribution in [2.75, 3.05) is 18.0 Å². The van der Waals surface area contributed by atoms with E-state index in [-0.39, 0.29) is 4.90 Å². The van der Waals surface area contributed by atoms with Crippen molar-refractivity contribution in [3.8, 4) is 11.3 Å². The molecule has 7 nitrogen and oxygen atoms in total. The number of piperidine rings is 1. The standard InChI is InChI=1S/C18H18FN5O2S/c19-13-6-8-24(9-7-13)18-17-16(21-11-22-18)5-4-15(23-17)12-2-1-3-14(10-12)27(20,25)26/h1-5,10-11,13H,6-9H2,(H2,20,25,26). The molecule has 0 spiro atoms. The van der Waals surface area contributed by atoms with E-state index >= 15 is 0 Å². The molecule has 2 aromatic heterocycles. The van der Waals surface area contributed by atoms with Crippen LogP contribution in [0.3, 0.4) is 0 Å². The van der Waals surface area contributed by atoms with Gasteiger partial charge in [0.25, 0.3) is 0 Å². The number of rotatable bonds is 3. The van der Waals surface area contributed by atoms with Gasteiger partial charge in [0.2, 0.25) is 10.0 Å². The third-order valence-corrected chi connectivity index (χ3v) is 5.56. The number of pyridine rings is 1. The maximum Gasteiger partial charge on any atom is 0.238 e. The molecular formula is C18H18FN5O2S. The van der Waals surface area contributed by atoms with Crippen LogP contribution in [0.25, 0.3) is 22.3 Å². The third-order valence-electron chi connectivity index (χ3n) is 4.64. The number of fused-ring (bicyclic) bond motifs is 1. The monoisotopic (exact) mass is 387 g/mol. The fourth-order valence-corrected chi connectivity index (χ4v) is 3.77. The fraction of sp³-hybridized carbons (Fsp3) is 0.278. The lowest BCUT2D eigenvalue weighted by Gasteiger charge is -2.29. The molecule has 0 atom stereocenters. The van der Waals surface area contributed by atoms with E-state index in [4.69, 9.17) is 5.14 Å². The number of primary sulfonamides is 1. The summed E-state index contributed by atoms with van der Waals surface area (Å²) in [6, 6.07) is 9.90. The number of alkyl halides is 1. The van der Waals surface area contributed by atoms with Crippen LogP contribution >= 0.6 is 0 Å². The highest BCUT2D eigenvalue weighted by molar-refractivity contribution is 7.89. The first-order valence-electron chi connectivity index (χ1n) is 8.56. The number of anilines is 1. The highest BCUT2D eigenvalue weighted by atomic mass is 32.2. The molecule has 9 heteroatoms. The molecule has 0 saturated carbocycles. The summed E-state index contributed by atoms with van der Waals surface area (Å²) >= 11 is 0. The van der Waals surface area contributed by atoms with E-state index < -0.39 is 16.2 Å². The highest BCUT2D eigenvalue weighted by Crippen LogP contribution is 2.28. The summed E-state index contributed by atoms with van der Waals surface area (Å²) in [5, 5.41) is 5.22. The first-order chi connectivity index (χ1) is 12.9. The van der Waals surface area contributed by atoms with Crippen molar-refractivity contribution in [1.82, 2.24) is 15.0 Å². The molecule has 27 heavy (non-hydrogen) atoms. The van der Waals surface area contributed by atoms with Crippen molar-refractivity contribution in [3.63, 3.8) is 0 Å². The zero-order valence-electron chi connectivity index (χ0n) is 14.4. The Labute approximate surface area is 156 Å². The molecule has 3 heterocycles. The van der Waals surface area contributed by atoms with Crippen LogP contribution in [0.2, 0.25) is 0 Å². The van der Waals surface area contributed by atoms with Gasteiger partial charge in [-0.1, -0.05) is 12.1 Å². The maximum absolute atomic E-state index is 13.5. The fourth-order valence-electron chi connectivity index (χ4n) is 3.21. The number of aromatic nitrogens is 3. The van der Waals surface area contributed by atoms with E-state index in [1.54, 1.807) is 18.2 Å². The van der Waals surface area contributed by atoms with Gasteiger partial charge in [0, 0.05) is 18.7 Å². The molecule has 1 aliphatic heterocycles. The van der Waals surface area contributed by atoms with Gasteiger partial charge in [-0.05, 0) is 37.1 Å². The van der Waals surface area contributed by atoms with Crippen LogP contribution in [-0.2, 0) is 10.0 Å². The van der Waals surface area contributed by atoms with Crippen LogP contribution < -0.4 is 10.0 Å². The summed E-state index contributed by atoms with van der Waals surface area (Å²) in [6.07, 6.45) is 1.62. The molecule has 2 N–H and O–H groups in total. The molecule has 140 valence electrons. The van der Waals surface area contributed by atoms with Crippen molar-refractivity contribution >= 4 is 26.9 Å². The molecule has 0 bridgehead atoms. The van der Waals surface area contributed by atoms with Gasteiger partial charge in [0.15, 0.2) is 5.82 Å². The van der Waals surface area contributed by atoms with Crippen molar-refractivity contribution < 1.29 is 12.8 Å². The average molecular weight is 387 g/mol. The zero-order chi connectivity index (χ0) is 19.0. The molecule has 1 fully saturated rings. The molecule has 0 radical (unpaired) electrons. The van der Waals surface area contributed by atoms with Gasteiger partial charge in [-0.25, -0.2) is 32.9 Å². The number of hydrogen-bond acceptors (Lipinski definition) is 6. The SMILES string of the molecule is NS(=O)(=O)c1cccc(-c2ccc3ncnc(N4CCC(F)CC4)c3n2)c1. The number of benzene rings is 1. The minimum atomic E-state index is -3.80. The minimum Gasteiger partial charge on any atom is -0.354 e. The van der Waals surface area contributed by atoms with Gasteiger partial charge < -0.3 is 4.90 Å². The first-order valence-corrected chi connectivity index (χ1v) is 10.1. The van der Waals surface area contributed by atoms with Crippen LogP contribution in [0.1, 0.15) is 12.8 Å². The van der Waals surface area contributed by atoms with Gasteiger partial charge in [0.05, 0.1) is 16.1 Å². The largest absolute Gasteiger partial charge is 0.354 e. The van der Waals surface area contributed by atoms with E-state index in [1.165, 1.54) is 18.5 Å². The summed E-state index contributed by atoms with van der Waals surface area (Å²) in [4.78, 5) is 15.3. The van der Waals surface area contributed by atoms with Gasteiger partial charge >= 0.3 is 0 Å². The topological polar surface area (TPSA) is 102 Å². The number of nitrogens with two attached hydrogens (primary N) is 1. The summed E-state index contributed by atoms with van der Waals surface area (Å²) < 4.78 is 36.7. The van der Waals surface area contributed by atoms with Gasteiger partial charge in [0.1, 0.15) is 18.0 Å². The second kappa shape index (κ2) is 6.82. The Morgan fingerprint density at radius 1 is 1.11 bits per heavy atom. The number of hydrogen-bond donors (Lipinski definition) is 1. The Morgan fingerprint density at radius 2 is 1.89 bits per heavy atom. The molecule has 1 aromatic carbocycles. The quantitative estimate of drug-likeness (QED) is 0.740. The Balaban J connectivity index is 1.79. The molecule has 1 aliphatic rings. The normalized spacial score (nSPS) is 16.0. The molecule has 1 saturated heterocycles. The Hall–Kier alpha value is -2.65. The number of sulfonamides is 1. The average Bonchev–Trinajstić information content (AvgIpc) is 2.67. The van der Waals surface area contributed by atoms with Crippen LogP contribution in [0.15, 0.2) is 47.6 Å². The van der Waals surface area contributed by atoms with Gasteiger partial charge in [-0.15, -0.1) is 0 Å². The van der Waals surface area contributed by atoms with E-state index in [2.05, 4.69) is 15.0 Å². The predicted molar refractivity (Wildman–Crippen MR) is 100 cm³/mol. The van der Waals surface area contributed by atoms with Crippen LogP contribution in [0.5, 0.6) is 0 Å². The zero-order valence-corrected chi connectivity index (χ0v) is 15.2. The van der Waals surface area contributed by atoms with Crippen molar-refractivity contribution in [3.05, 3.63) is 42.7 Å². The van der Waals surface area contributed by atoms with Crippen molar-refractivity contribution in [1.29, 1.82) is 0 Å². The van der Waals surface area contributed by atoms with E-state index in [0.29, 0.717) is 54.0 Å². The van der Waals surface area contributed by atoms with Gasteiger partial charge in [-0.2, -0.15) is 0 Å². The minimum absolute atomic E-state index is 0.0245. The second-order valence-electron chi connectivity index (χ2n) is 6.50. The summed E-state index contributed by atoms with van der Waals surface area (Å²) in [6.45, 7) is 1.14. The smallest absolute Gasteiger partial charge is 0.238 e. The van der Waals surface area contributed by atoms with Crippen molar-refractivity contribution in [2.45, 2.75) is 23.9 Å². The van der Waals surface area contributed by atoms with Crippen LogP contribution in [0.4, 0.5) is 10.2 Å². The van der Waals surface area contributed by atoms with Crippen molar-refractivity contribution in [2.24, 2.45) is 5.14 Å². The lowest BCUT2D eigenvalue weighted by Crippen LogP contribution is -2.35. The number of nitrogens with zero attached hydrogens (tertiary/aromatic N) is 4. The van der Waals surface area contributed by atoms with E-state index in [1.807, 2.05) is 11.0 Å². The third kappa shape index (κ3) is 3.60. The Kier molecular flexibility index (Phi) is 4.48. The molecule has 0 amide bonds. The Morgan fingerprint density at radius 3 is 2.63 bits per heavy atom. The first kappa shape index (κ1) is 17.7. The number of halogens is 1. The second-order valence-corrected chi connectivity index (χ2v) is 8.06. The molecule has 3 aromatic rings. The molecule has 4 rings (SSSR count). The lowest BCUT2D eigenvalue weighted by molar-refractivity contribution is 0.277. The van der Waals surface area contributed by atoms with Crippen LogP contribution in [0, 0.1) is 0 Å². The van der Waals surface area contributed by atoms with Crippen LogP contribution in [-0.4, -0.2) is 42.6 Å². The highest BCUT2D eigenvalue weighted by Gasteiger charge is 2.22. The summed E-state index contributed by atoms with van der Waals surface area (Å²) in [7, 11) is -3.80. The Bertz CT molecular complexity index is 1100. The van der Waals surface area contributed by atoms with Gasteiger partial charge in [-0.3, -0.25) is 0 Å². The van der Waals surface area contributed by atoms with E-state index in [9.17, 15) is 12.8 Å². The van der Waals surface area contributed by atoms with E-state index in [0.717, 1.165) is 0 Å². The predicted octanol–water partition coefficient (Wildman–Crippen LogP) is 2.28. The maximum atomic E-state index is 13.5. The molecular weight excluding hydrogens is 369 g/mol. The molecule has 0 aliphatic carbocycles. The molecule has 0 unspecified atom stereocenters. The summed E-state index contributed by atoms with van der Waals surface area (Å²) in [5.74, 6) is 0.663. The lowest BCUT2D eigenvalue weighted by atomic mass is 10.1.